The van der Waals surface area contributed by atoms with Gasteiger partial charge in [-0.05, 0) is 0 Å². The Kier molecular flexibility index (Phi) is 3.96. The largest absolute Gasteiger partial charge is 0.440 e. The van der Waals surface area contributed by atoms with E-state index in [-0.39, 0.29) is 6.10 Å². The number of rotatable bonds is 4. The molecule has 0 saturated heterocycles. The van der Waals surface area contributed by atoms with Crippen molar-refractivity contribution in [2.75, 3.05) is 11.1 Å². The molecule has 1 N–H and O–H groups in total. The minimum absolute atomic E-state index is 0.341. The van der Waals surface area contributed by atoms with E-state index in [1.165, 1.54) is 18.0 Å². The van der Waals surface area contributed by atoms with Gasteiger partial charge in [-0.25, -0.2) is 4.98 Å². The monoisotopic (exact) mass is 237 g/mol. The average molecular weight is 238 g/mol. The molecule has 0 bridgehead atoms. The van der Waals surface area contributed by atoms with Gasteiger partial charge in [0.05, 0.1) is 12.3 Å². The van der Waals surface area contributed by atoms with Gasteiger partial charge < -0.3 is 9.52 Å². The lowest BCUT2D eigenvalue weighted by Crippen LogP contribution is -2.10. The topological polar surface area (TPSA) is 46.3 Å². The number of hydrogen-bond acceptors (Lipinski definition) is 4. The minimum Gasteiger partial charge on any atom is -0.440 e. The van der Waals surface area contributed by atoms with Crippen molar-refractivity contribution in [1.82, 2.24) is 4.98 Å². The lowest BCUT2D eigenvalue weighted by atomic mass is 10.5. The van der Waals surface area contributed by atoms with Crippen molar-refractivity contribution < 1.29 is 9.52 Å². The highest BCUT2D eigenvalue weighted by Crippen LogP contribution is 2.15. The summed E-state index contributed by atoms with van der Waals surface area (Å²) >= 11 is 4.57. The van der Waals surface area contributed by atoms with Crippen molar-refractivity contribution in [2.45, 2.75) is 11.3 Å². The molecule has 5 heteroatoms. The van der Waals surface area contributed by atoms with Crippen molar-refractivity contribution in [1.29, 1.82) is 0 Å². The Bertz CT molecular complexity index is 192. The van der Waals surface area contributed by atoms with Crippen LogP contribution in [0.1, 0.15) is 0 Å². The highest BCUT2D eigenvalue weighted by atomic mass is 79.9. The van der Waals surface area contributed by atoms with Crippen LogP contribution in [0.25, 0.3) is 0 Å². The van der Waals surface area contributed by atoms with Gasteiger partial charge >= 0.3 is 0 Å². The van der Waals surface area contributed by atoms with E-state index in [0.29, 0.717) is 16.3 Å². The van der Waals surface area contributed by atoms with Gasteiger partial charge in [0.1, 0.15) is 6.26 Å². The third-order valence-electron chi connectivity index (χ3n) is 0.987. The lowest BCUT2D eigenvalue weighted by Gasteiger charge is -2.02. The van der Waals surface area contributed by atoms with E-state index in [9.17, 15) is 0 Å². The maximum atomic E-state index is 9.12. The van der Waals surface area contributed by atoms with Crippen LogP contribution in [0.2, 0.25) is 0 Å². The molecule has 0 radical (unpaired) electrons. The zero-order chi connectivity index (χ0) is 8.10. The second-order valence-corrected chi connectivity index (χ2v) is 3.54. The Balaban J connectivity index is 2.23. The van der Waals surface area contributed by atoms with Crippen LogP contribution >= 0.6 is 27.7 Å². The fourth-order valence-electron chi connectivity index (χ4n) is 0.494. The number of aliphatic hydroxyl groups is 1. The molecule has 1 atom stereocenters. The van der Waals surface area contributed by atoms with E-state index in [0.717, 1.165) is 0 Å². The average Bonchev–Trinajstić information content (AvgIpc) is 2.52. The molecule has 3 nitrogen and oxygen atoms in total. The second kappa shape index (κ2) is 4.79. The highest BCUT2D eigenvalue weighted by Gasteiger charge is 2.04. The Labute approximate surface area is 77.3 Å². The summed E-state index contributed by atoms with van der Waals surface area (Å²) in [5.41, 5.74) is 0. The van der Waals surface area contributed by atoms with Crippen LogP contribution in [-0.4, -0.2) is 27.3 Å². The lowest BCUT2D eigenvalue weighted by molar-refractivity contribution is 0.226. The van der Waals surface area contributed by atoms with Crippen LogP contribution in [0.5, 0.6) is 0 Å². The van der Waals surface area contributed by atoms with Crippen LogP contribution in [0.4, 0.5) is 0 Å². The minimum atomic E-state index is -0.341. The number of oxazole rings is 1. The summed E-state index contributed by atoms with van der Waals surface area (Å²) in [6.45, 7) is 0. The van der Waals surface area contributed by atoms with Gasteiger partial charge in [-0.1, -0.05) is 27.7 Å². The third kappa shape index (κ3) is 3.27. The fourth-order valence-corrected chi connectivity index (χ4v) is 1.74. The number of halogens is 1. The molecule has 1 aromatic rings. The first-order chi connectivity index (χ1) is 5.33. The molecule has 62 valence electrons. The maximum Gasteiger partial charge on any atom is 0.255 e. The van der Waals surface area contributed by atoms with E-state index in [2.05, 4.69) is 20.9 Å². The number of thioether (sulfide) groups is 1. The van der Waals surface area contributed by atoms with Gasteiger partial charge in [0.25, 0.3) is 5.22 Å². The first-order valence-corrected chi connectivity index (χ1v) is 5.20. The van der Waals surface area contributed by atoms with Crippen molar-refractivity contribution >= 4 is 27.7 Å². The molecule has 1 aromatic heterocycles. The molecule has 0 spiro atoms. The smallest absolute Gasteiger partial charge is 0.255 e. The zero-order valence-corrected chi connectivity index (χ0v) is 8.14. The summed E-state index contributed by atoms with van der Waals surface area (Å²) in [5, 5.41) is 10.3. The number of aromatic nitrogens is 1. The molecule has 1 heterocycles. The van der Waals surface area contributed by atoms with Gasteiger partial charge in [-0.2, -0.15) is 0 Å². The first kappa shape index (κ1) is 9.09. The summed E-state index contributed by atoms with van der Waals surface area (Å²) in [6, 6.07) is 0. The van der Waals surface area contributed by atoms with Crippen LogP contribution in [0, 0.1) is 0 Å². The standard InChI is InChI=1S/C6H8BrNO2S/c7-3-5(9)4-11-6-8-1-2-10-6/h1-2,5,9H,3-4H2. The summed E-state index contributed by atoms with van der Waals surface area (Å²) in [6.07, 6.45) is 2.76. The molecule has 1 rings (SSSR count). The number of alkyl halides is 1. The zero-order valence-electron chi connectivity index (χ0n) is 5.74. The SMILES string of the molecule is OC(CBr)CSc1ncco1. The van der Waals surface area contributed by atoms with Gasteiger partial charge in [0.15, 0.2) is 0 Å². The Hall–Kier alpha value is 0. The highest BCUT2D eigenvalue weighted by molar-refractivity contribution is 9.09. The molecule has 11 heavy (non-hydrogen) atoms. The van der Waals surface area contributed by atoms with Crippen LogP contribution in [-0.2, 0) is 0 Å². The molecule has 1 unspecified atom stereocenters. The molecule has 0 amide bonds. The quantitative estimate of drug-likeness (QED) is 0.638. The molecule has 0 fully saturated rings. The van der Waals surface area contributed by atoms with Crippen LogP contribution < -0.4 is 0 Å². The normalized spacial score (nSPS) is 13.3. The summed E-state index contributed by atoms with van der Waals surface area (Å²) in [5.74, 6) is 0.603. The first-order valence-electron chi connectivity index (χ1n) is 3.09. The van der Waals surface area contributed by atoms with Gasteiger partial charge in [0.2, 0.25) is 0 Å². The van der Waals surface area contributed by atoms with Crippen LogP contribution in [0.3, 0.4) is 0 Å². The molecule has 0 aliphatic heterocycles. The predicted octanol–water partition coefficient (Wildman–Crippen LogP) is 1.52. The van der Waals surface area contributed by atoms with Gasteiger partial charge in [0, 0.05) is 11.1 Å². The Morgan fingerprint density at radius 1 is 1.82 bits per heavy atom. The second-order valence-electron chi connectivity index (χ2n) is 1.92. The predicted molar refractivity (Wildman–Crippen MR) is 47.0 cm³/mol. The number of hydrogen-bond donors (Lipinski definition) is 1. The summed E-state index contributed by atoms with van der Waals surface area (Å²) < 4.78 is 4.95. The van der Waals surface area contributed by atoms with Crippen LogP contribution in [0.15, 0.2) is 22.1 Å². The van der Waals surface area contributed by atoms with E-state index >= 15 is 0 Å². The molecular formula is C6H8BrNO2S. The maximum absolute atomic E-state index is 9.12. The molecule has 0 aliphatic rings. The summed E-state index contributed by atoms with van der Waals surface area (Å²) in [4.78, 5) is 3.89. The van der Waals surface area contributed by atoms with E-state index < -0.39 is 0 Å². The third-order valence-corrected chi connectivity index (χ3v) is 2.73. The Morgan fingerprint density at radius 3 is 3.18 bits per heavy atom. The van der Waals surface area contributed by atoms with Crippen molar-refractivity contribution in [2.24, 2.45) is 0 Å². The molecule has 0 aromatic carbocycles. The summed E-state index contributed by atoms with van der Waals surface area (Å²) in [7, 11) is 0. The molecular weight excluding hydrogens is 230 g/mol. The molecule has 0 saturated carbocycles. The molecule has 0 aliphatic carbocycles. The fraction of sp³-hybridized carbons (Fsp3) is 0.500. The van der Waals surface area contributed by atoms with E-state index in [1.807, 2.05) is 0 Å². The van der Waals surface area contributed by atoms with E-state index in [1.54, 1.807) is 6.20 Å². The van der Waals surface area contributed by atoms with Gasteiger partial charge in [-0.15, -0.1) is 0 Å². The van der Waals surface area contributed by atoms with Crippen molar-refractivity contribution in [3.63, 3.8) is 0 Å². The van der Waals surface area contributed by atoms with Gasteiger partial charge in [-0.3, -0.25) is 0 Å². The number of aliphatic hydroxyl groups excluding tert-OH is 1. The van der Waals surface area contributed by atoms with E-state index in [4.69, 9.17) is 9.52 Å². The van der Waals surface area contributed by atoms with Crippen molar-refractivity contribution in [3.8, 4) is 0 Å². The Morgan fingerprint density at radius 2 is 2.64 bits per heavy atom. The number of nitrogens with zero attached hydrogens (tertiary/aromatic N) is 1. The van der Waals surface area contributed by atoms with Crippen molar-refractivity contribution in [3.05, 3.63) is 12.5 Å².